The Labute approximate surface area is 173 Å². The van der Waals surface area contributed by atoms with Gasteiger partial charge in [-0.15, -0.1) is 0 Å². The molecule has 2 aliphatic rings. The van der Waals surface area contributed by atoms with Gasteiger partial charge in [0.1, 0.15) is 0 Å². The minimum Gasteiger partial charge on any atom is -0.493 e. The summed E-state index contributed by atoms with van der Waals surface area (Å²) < 4.78 is 12.0. The van der Waals surface area contributed by atoms with Crippen molar-refractivity contribution in [2.45, 2.75) is 18.4 Å². The maximum atomic E-state index is 5.60. The molecule has 0 saturated carbocycles. The molecule has 1 aliphatic heterocycles. The van der Waals surface area contributed by atoms with Gasteiger partial charge in [-0.2, -0.15) is 0 Å². The van der Waals surface area contributed by atoms with E-state index in [0.29, 0.717) is 11.8 Å². The van der Waals surface area contributed by atoms with E-state index in [1.54, 1.807) is 14.2 Å². The molecular formula is C24H22BrNO2. The lowest BCUT2D eigenvalue weighted by Gasteiger charge is -2.38. The molecule has 3 atom stereocenters. The zero-order valence-corrected chi connectivity index (χ0v) is 17.5. The van der Waals surface area contributed by atoms with Crippen molar-refractivity contribution in [1.29, 1.82) is 0 Å². The van der Waals surface area contributed by atoms with Crippen LogP contribution >= 0.6 is 15.9 Å². The predicted molar refractivity (Wildman–Crippen MR) is 118 cm³/mol. The van der Waals surface area contributed by atoms with Crippen LogP contribution in [0.15, 0.2) is 65.2 Å². The van der Waals surface area contributed by atoms with E-state index in [1.807, 2.05) is 0 Å². The lowest BCUT2D eigenvalue weighted by atomic mass is 9.76. The van der Waals surface area contributed by atoms with Crippen molar-refractivity contribution in [2.24, 2.45) is 5.92 Å². The third kappa shape index (κ3) is 2.62. The molecule has 0 bridgehead atoms. The molecular weight excluding hydrogens is 414 g/mol. The summed E-state index contributed by atoms with van der Waals surface area (Å²) >= 11 is 3.66. The van der Waals surface area contributed by atoms with Crippen molar-refractivity contribution in [3.63, 3.8) is 0 Å². The standard InChI is InChI=1S/C24H22BrNO2/c1-27-21-13-15(12-20(25)24(21)28-2)22-18-9-5-8-17(18)19-11-10-14-6-3-4-7-16(14)23(19)26-22/h3-8,10-13,17-18,22,26H,9H2,1-2H3/t17-,18+,22-/m0/s1. The van der Waals surface area contributed by atoms with Gasteiger partial charge in [0.15, 0.2) is 11.5 Å². The Morgan fingerprint density at radius 3 is 2.71 bits per heavy atom. The normalized spacial score (nSPS) is 22.5. The van der Waals surface area contributed by atoms with E-state index in [4.69, 9.17) is 9.47 Å². The topological polar surface area (TPSA) is 30.5 Å². The summed E-state index contributed by atoms with van der Waals surface area (Å²) in [6, 6.07) is 17.6. The average molecular weight is 436 g/mol. The van der Waals surface area contributed by atoms with Crippen LogP contribution in [0.5, 0.6) is 11.5 Å². The monoisotopic (exact) mass is 435 g/mol. The van der Waals surface area contributed by atoms with Gasteiger partial charge in [0.25, 0.3) is 0 Å². The minimum atomic E-state index is 0.203. The maximum absolute atomic E-state index is 5.60. The molecule has 3 aromatic rings. The second kappa shape index (κ2) is 6.85. The fraction of sp³-hybridized carbons (Fsp3) is 0.250. The van der Waals surface area contributed by atoms with E-state index < -0.39 is 0 Å². The number of methoxy groups -OCH3 is 2. The number of rotatable bonds is 3. The van der Waals surface area contributed by atoms with Gasteiger partial charge in [-0.3, -0.25) is 0 Å². The van der Waals surface area contributed by atoms with Crippen LogP contribution in [0, 0.1) is 5.92 Å². The van der Waals surface area contributed by atoms with E-state index in [-0.39, 0.29) is 6.04 Å². The van der Waals surface area contributed by atoms with Crippen molar-refractivity contribution in [1.82, 2.24) is 0 Å². The number of nitrogens with one attached hydrogen (secondary N) is 1. The van der Waals surface area contributed by atoms with Crippen LogP contribution in [0.1, 0.15) is 29.5 Å². The molecule has 0 amide bonds. The fourth-order valence-electron chi connectivity index (χ4n) is 4.79. The molecule has 28 heavy (non-hydrogen) atoms. The molecule has 0 fully saturated rings. The van der Waals surface area contributed by atoms with Gasteiger partial charge in [0.05, 0.1) is 24.7 Å². The molecule has 3 aromatic carbocycles. The number of hydrogen-bond donors (Lipinski definition) is 1. The van der Waals surface area contributed by atoms with E-state index in [9.17, 15) is 0 Å². The van der Waals surface area contributed by atoms with E-state index in [0.717, 1.165) is 22.4 Å². The predicted octanol–water partition coefficient (Wildman–Crippen LogP) is 6.45. The van der Waals surface area contributed by atoms with Crippen molar-refractivity contribution < 1.29 is 9.47 Å². The molecule has 4 heteroatoms. The van der Waals surface area contributed by atoms with E-state index >= 15 is 0 Å². The third-order valence-corrected chi connectivity index (χ3v) is 6.67. The van der Waals surface area contributed by atoms with Crippen LogP contribution in [0.4, 0.5) is 5.69 Å². The molecule has 1 N–H and O–H groups in total. The molecule has 0 saturated heterocycles. The summed E-state index contributed by atoms with van der Waals surface area (Å²) in [6.07, 6.45) is 5.77. The highest BCUT2D eigenvalue weighted by atomic mass is 79.9. The lowest BCUT2D eigenvalue weighted by molar-refractivity contribution is 0.351. The Kier molecular flexibility index (Phi) is 4.31. The fourth-order valence-corrected chi connectivity index (χ4v) is 5.41. The number of hydrogen-bond acceptors (Lipinski definition) is 3. The number of allylic oxidation sites excluding steroid dienone is 2. The molecule has 0 unspecified atom stereocenters. The summed E-state index contributed by atoms with van der Waals surface area (Å²) in [6.45, 7) is 0. The second-order valence-corrected chi connectivity index (χ2v) is 8.32. The van der Waals surface area contributed by atoms with Crippen LogP contribution < -0.4 is 14.8 Å². The highest BCUT2D eigenvalue weighted by Crippen LogP contribution is 2.52. The Bertz CT molecular complexity index is 1090. The van der Waals surface area contributed by atoms with Crippen molar-refractivity contribution in [3.8, 4) is 11.5 Å². The zero-order valence-electron chi connectivity index (χ0n) is 15.9. The van der Waals surface area contributed by atoms with Crippen LogP contribution in [-0.2, 0) is 0 Å². The highest BCUT2D eigenvalue weighted by molar-refractivity contribution is 9.10. The molecule has 0 spiro atoms. The Balaban J connectivity index is 1.67. The largest absolute Gasteiger partial charge is 0.493 e. The number of benzene rings is 3. The minimum absolute atomic E-state index is 0.203. The molecule has 1 heterocycles. The summed E-state index contributed by atoms with van der Waals surface area (Å²) in [4.78, 5) is 0. The van der Waals surface area contributed by atoms with Crippen molar-refractivity contribution in [3.05, 3.63) is 76.3 Å². The van der Waals surface area contributed by atoms with Gasteiger partial charge in [-0.25, -0.2) is 0 Å². The van der Waals surface area contributed by atoms with Crippen LogP contribution in [0.2, 0.25) is 0 Å². The smallest absolute Gasteiger partial charge is 0.174 e. The van der Waals surface area contributed by atoms with Crippen molar-refractivity contribution in [2.75, 3.05) is 19.5 Å². The zero-order chi connectivity index (χ0) is 19.3. The SMILES string of the molecule is COc1cc([C@@H]2Nc3c(ccc4ccccc34)[C@H]3C=CC[C@H]32)cc(Br)c1OC. The number of anilines is 1. The van der Waals surface area contributed by atoms with Gasteiger partial charge in [-0.05, 0) is 56.9 Å². The number of ether oxygens (including phenoxy) is 2. The number of halogens is 1. The Morgan fingerprint density at radius 1 is 1.04 bits per heavy atom. The first-order chi connectivity index (χ1) is 13.7. The molecule has 142 valence electrons. The van der Waals surface area contributed by atoms with Gasteiger partial charge >= 0.3 is 0 Å². The van der Waals surface area contributed by atoms with Crippen LogP contribution in [-0.4, -0.2) is 14.2 Å². The Hall–Kier alpha value is -2.46. The van der Waals surface area contributed by atoms with Gasteiger partial charge in [0, 0.05) is 17.0 Å². The van der Waals surface area contributed by atoms with Gasteiger partial charge < -0.3 is 14.8 Å². The molecule has 0 aromatic heterocycles. The quantitative estimate of drug-likeness (QED) is 0.479. The Morgan fingerprint density at radius 2 is 1.89 bits per heavy atom. The molecule has 1 aliphatic carbocycles. The van der Waals surface area contributed by atoms with Crippen LogP contribution in [0.25, 0.3) is 10.8 Å². The van der Waals surface area contributed by atoms with E-state index in [1.165, 1.54) is 27.6 Å². The first-order valence-electron chi connectivity index (χ1n) is 9.57. The second-order valence-electron chi connectivity index (χ2n) is 7.46. The third-order valence-electron chi connectivity index (χ3n) is 6.08. The first kappa shape index (κ1) is 17.6. The summed E-state index contributed by atoms with van der Waals surface area (Å²) in [5, 5.41) is 6.43. The number of fused-ring (bicyclic) bond motifs is 5. The lowest BCUT2D eigenvalue weighted by Crippen LogP contribution is -2.29. The maximum Gasteiger partial charge on any atom is 0.174 e. The average Bonchev–Trinajstić information content (AvgIpc) is 3.22. The van der Waals surface area contributed by atoms with Gasteiger partial charge in [-0.1, -0.05) is 48.6 Å². The van der Waals surface area contributed by atoms with Gasteiger partial charge in [0.2, 0.25) is 0 Å². The first-order valence-corrected chi connectivity index (χ1v) is 10.4. The highest BCUT2D eigenvalue weighted by Gasteiger charge is 2.38. The molecule has 5 rings (SSSR count). The molecule has 3 nitrogen and oxygen atoms in total. The summed E-state index contributed by atoms with van der Waals surface area (Å²) in [5.74, 6) is 2.39. The molecule has 0 radical (unpaired) electrons. The summed E-state index contributed by atoms with van der Waals surface area (Å²) in [7, 11) is 3.35. The van der Waals surface area contributed by atoms with Crippen molar-refractivity contribution >= 4 is 32.4 Å². The van der Waals surface area contributed by atoms with E-state index in [2.05, 4.69) is 81.9 Å². The van der Waals surface area contributed by atoms with Crippen LogP contribution in [0.3, 0.4) is 0 Å². The summed E-state index contributed by atoms with van der Waals surface area (Å²) in [5.41, 5.74) is 3.86.